The molecule has 0 bridgehead atoms. The highest BCUT2D eigenvalue weighted by Crippen LogP contribution is 2.38. The van der Waals surface area contributed by atoms with Crippen LogP contribution in [-0.2, 0) is 6.42 Å². The van der Waals surface area contributed by atoms with Crippen LogP contribution in [0.2, 0.25) is 0 Å². The summed E-state index contributed by atoms with van der Waals surface area (Å²) in [4.78, 5) is 18.2. The molecule has 0 fully saturated rings. The van der Waals surface area contributed by atoms with E-state index in [4.69, 9.17) is 4.42 Å². The molecular formula is C21H19N3O2S2. The van der Waals surface area contributed by atoms with Crippen molar-refractivity contribution >= 4 is 39.4 Å². The molecule has 1 atom stereocenters. The summed E-state index contributed by atoms with van der Waals surface area (Å²) in [5.74, 6) is 0.825. The zero-order chi connectivity index (χ0) is 19.3. The lowest BCUT2D eigenvalue weighted by Gasteiger charge is -2.19. The summed E-state index contributed by atoms with van der Waals surface area (Å²) < 4.78 is 5.24. The van der Waals surface area contributed by atoms with E-state index in [0.29, 0.717) is 5.76 Å². The highest BCUT2D eigenvalue weighted by molar-refractivity contribution is 7.16. The van der Waals surface area contributed by atoms with Gasteiger partial charge in [0.2, 0.25) is 0 Å². The Bertz CT molecular complexity index is 1030. The summed E-state index contributed by atoms with van der Waals surface area (Å²) in [5.41, 5.74) is 2.15. The van der Waals surface area contributed by atoms with Gasteiger partial charge in [0.1, 0.15) is 10.8 Å². The SMILES string of the molecule is CCc1cc([C@@H](Nc2ccccn2)c2ccsc2)c(NC(=O)c2ccco2)s1. The van der Waals surface area contributed by atoms with Crippen molar-refractivity contribution in [3.63, 3.8) is 0 Å². The molecule has 4 heterocycles. The predicted octanol–water partition coefficient (Wildman–Crippen LogP) is 5.81. The molecule has 0 saturated carbocycles. The lowest BCUT2D eigenvalue weighted by atomic mass is 10.0. The van der Waals surface area contributed by atoms with Crippen molar-refractivity contribution in [2.45, 2.75) is 19.4 Å². The van der Waals surface area contributed by atoms with Gasteiger partial charge in [0.05, 0.1) is 12.3 Å². The van der Waals surface area contributed by atoms with Crippen LogP contribution in [0, 0.1) is 0 Å². The molecule has 0 aliphatic carbocycles. The number of anilines is 2. The molecule has 5 nitrogen and oxygen atoms in total. The number of aromatic nitrogens is 1. The first-order chi connectivity index (χ1) is 13.7. The van der Waals surface area contributed by atoms with Gasteiger partial charge in [-0.05, 0) is 59.1 Å². The quantitative estimate of drug-likeness (QED) is 0.404. The summed E-state index contributed by atoms with van der Waals surface area (Å²) in [6, 6.07) is 13.3. The predicted molar refractivity (Wildman–Crippen MR) is 114 cm³/mol. The Morgan fingerprint density at radius 2 is 2.18 bits per heavy atom. The van der Waals surface area contributed by atoms with Crippen molar-refractivity contribution in [3.8, 4) is 0 Å². The van der Waals surface area contributed by atoms with E-state index in [-0.39, 0.29) is 11.9 Å². The van der Waals surface area contributed by atoms with E-state index in [1.165, 1.54) is 11.1 Å². The average Bonchev–Trinajstić information content (AvgIpc) is 3.48. The van der Waals surface area contributed by atoms with Gasteiger partial charge < -0.3 is 15.1 Å². The Hall–Kier alpha value is -2.90. The average molecular weight is 410 g/mol. The number of pyridine rings is 1. The van der Waals surface area contributed by atoms with Gasteiger partial charge in [0.25, 0.3) is 5.91 Å². The van der Waals surface area contributed by atoms with Gasteiger partial charge in [-0.15, -0.1) is 11.3 Å². The fourth-order valence-electron chi connectivity index (χ4n) is 2.89. The van der Waals surface area contributed by atoms with Crippen molar-refractivity contribution in [1.82, 2.24) is 4.98 Å². The number of carbonyl (C=O) groups is 1. The molecule has 0 radical (unpaired) electrons. The number of amides is 1. The monoisotopic (exact) mass is 409 g/mol. The molecule has 0 unspecified atom stereocenters. The summed E-state index contributed by atoms with van der Waals surface area (Å²) in [5, 5.41) is 11.5. The Balaban J connectivity index is 1.71. The van der Waals surface area contributed by atoms with Gasteiger partial charge in [-0.2, -0.15) is 11.3 Å². The smallest absolute Gasteiger partial charge is 0.291 e. The molecule has 4 rings (SSSR count). The molecular weight excluding hydrogens is 390 g/mol. The van der Waals surface area contributed by atoms with Crippen LogP contribution >= 0.6 is 22.7 Å². The molecule has 4 aromatic rings. The fraction of sp³-hybridized carbons (Fsp3) is 0.143. The minimum atomic E-state index is -0.252. The molecule has 142 valence electrons. The van der Waals surface area contributed by atoms with Crippen molar-refractivity contribution in [1.29, 1.82) is 0 Å². The van der Waals surface area contributed by atoms with Crippen LogP contribution in [0.5, 0.6) is 0 Å². The molecule has 7 heteroatoms. The van der Waals surface area contributed by atoms with E-state index in [9.17, 15) is 4.79 Å². The van der Waals surface area contributed by atoms with Crippen molar-refractivity contribution < 1.29 is 9.21 Å². The Morgan fingerprint density at radius 1 is 1.25 bits per heavy atom. The van der Waals surface area contributed by atoms with Gasteiger partial charge >= 0.3 is 0 Å². The van der Waals surface area contributed by atoms with Gasteiger partial charge in [0.15, 0.2) is 5.76 Å². The van der Waals surface area contributed by atoms with Crippen LogP contribution in [0.15, 0.2) is 70.1 Å². The summed E-state index contributed by atoms with van der Waals surface area (Å²) in [7, 11) is 0. The third kappa shape index (κ3) is 4.00. The number of thiophene rings is 2. The molecule has 2 N–H and O–H groups in total. The molecule has 0 aliphatic rings. The van der Waals surface area contributed by atoms with Crippen LogP contribution in [-0.4, -0.2) is 10.9 Å². The Morgan fingerprint density at radius 3 is 2.86 bits per heavy atom. The first-order valence-electron chi connectivity index (χ1n) is 8.91. The first kappa shape index (κ1) is 18.5. The van der Waals surface area contributed by atoms with Crippen molar-refractivity contribution in [3.05, 3.63) is 87.4 Å². The van der Waals surface area contributed by atoms with Crippen molar-refractivity contribution in [2.24, 2.45) is 0 Å². The zero-order valence-corrected chi connectivity index (χ0v) is 16.8. The summed E-state index contributed by atoms with van der Waals surface area (Å²) in [6.07, 6.45) is 4.16. The first-order valence-corrected chi connectivity index (χ1v) is 10.7. The van der Waals surface area contributed by atoms with E-state index < -0.39 is 0 Å². The number of aryl methyl sites for hydroxylation is 1. The largest absolute Gasteiger partial charge is 0.459 e. The fourth-order valence-corrected chi connectivity index (χ4v) is 4.61. The van der Waals surface area contributed by atoms with Gasteiger partial charge in [-0.3, -0.25) is 4.79 Å². The molecule has 0 aliphatic heterocycles. The maximum absolute atomic E-state index is 12.6. The highest BCUT2D eigenvalue weighted by atomic mass is 32.1. The third-order valence-electron chi connectivity index (χ3n) is 4.28. The molecule has 4 aromatic heterocycles. The van der Waals surface area contributed by atoms with E-state index in [2.05, 4.69) is 45.4 Å². The topological polar surface area (TPSA) is 67.2 Å². The molecule has 0 saturated heterocycles. The molecule has 1 amide bonds. The highest BCUT2D eigenvalue weighted by Gasteiger charge is 2.23. The van der Waals surface area contributed by atoms with Gasteiger partial charge in [0, 0.05) is 16.6 Å². The normalized spacial score (nSPS) is 11.9. The molecule has 0 spiro atoms. The van der Waals surface area contributed by atoms with Gasteiger partial charge in [-0.25, -0.2) is 4.98 Å². The number of hydrogen-bond donors (Lipinski definition) is 2. The zero-order valence-electron chi connectivity index (χ0n) is 15.2. The van der Waals surface area contributed by atoms with Gasteiger partial charge in [-0.1, -0.05) is 13.0 Å². The van der Waals surface area contributed by atoms with E-state index >= 15 is 0 Å². The van der Waals surface area contributed by atoms with Crippen LogP contribution in [0.1, 0.15) is 39.5 Å². The lowest BCUT2D eigenvalue weighted by molar-refractivity contribution is 0.0997. The second-order valence-corrected chi connectivity index (χ2v) is 8.05. The number of carbonyl (C=O) groups excluding carboxylic acids is 1. The summed E-state index contributed by atoms with van der Waals surface area (Å²) in [6.45, 7) is 2.11. The van der Waals surface area contributed by atoms with Crippen molar-refractivity contribution in [2.75, 3.05) is 10.6 Å². The number of nitrogens with zero attached hydrogens (tertiary/aromatic N) is 1. The summed E-state index contributed by atoms with van der Waals surface area (Å²) >= 11 is 3.23. The van der Waals surface area contributed by atoms with E-state index in [1.54, 1.807) is 41.0 Å². The third-order valence-corrected chi connectivity index (χ3v) is 6.19. The Kier molecular flexibility index (Phi) is 5.55. The number of hydrogen-bond acceptors (Lipinski definition) is 6. The minimum absolute atomic E-state index is 0.121. The number of nitrogens with one attached hydrogen (secondary N) is 2. The lowest BCUT2D eigenvalue weighted by Crippen LogP contribution is -2.16. The second-order valence-electron chi connectivity index (χ2n) is 6.13. The number of furan rings is 1. The van der Waals surface area contributed by atoms with Crippen LogP contribution < -0.4 is 10.6 Å². The van der Waals surface area contributed by atoms with Crippen LogP contribution in [0.25, 0.3) is 0 Å². The van der Waals surface area contributed by atoms with Crippen LogP contribution in [0.3, 0.4) is 0 Å². The maximum Gasteiger partial charge on any atom is 0.291 e. The Labute approximate surface area is 171 Å². The van der Waals surface area contributed by atoms with Crippen LogP contribution in [0.4, 0.5) is 10.8 Å². The van der Waals surface area contributed by atoms with E-state index in [1.807, 2.05) is 18.2 Å². The molecule has 28 heavy (non-hydrogen) atoms. The minimum Gasteiger partial charge on any atom is -0.459 e. The maximum atomic E-state index is 12.6. The van der Waals surface area contributed by atoms with E-state index in [0.717, 1.165) is 28.4 Å². The molecule has 0 aromatic carbocycles. The second kappa shape index (κ2) is 8.41. The number of rotatable bonds is 7. The standard InChI is InChI=1S/C21H19N3O2S2/c1-2-15-12-16(21(28-15)24-20(25)17-6-5-10-26-17)19(14-8-11-27-13-14)23-18-7-3-4-9-22-18/h3-13,19H,2H2,1H3,(H,22,23)(H,24,25)/t19-/m0/s1.